The van der Waals surface area contributed by atoms with Gasteiger partial charge in [0.05, 0.1) is 5.02 Å². The first-order chi connectivity index (χ1) is 11.0. The molecule has 5 nitrogen and oxygen atoms in total. The Morgan fingerprint density at radius 2 is 1.87 bits per heavy atom. The third-order valence-electron chi connectivity index (χ3n) is 2.75. The Morgan fingerprint density at radius 1 is 1.13 bits per heavy atom. The van der Waals surface area contributed by atoms with E-state index in [0.717, 1.165) is 4.90 Å². The number of ether oxygens (including phenoxy) is 1. The van der Waals surface area contributed by atoms with Gasteiger partial charge >= 0.3 is 6.01 Å². The Balaban J connectivity index is 1.96. The lowest BCUT2D eigenvalue weighted by Gasteiger charge is -2.08. The lowest BCUT2D eigenvalue weighted by molar-refractivity contribution is 0.428. The van der Waals surface area contributed by atoms with Gasteiger partial charge in [-0.2, -0.15) is 5.10 Å². The van der Waals surface area contributed by atoms with E-state index in [0.29, 0.717) is 20.8 Å². The van der Waals surface area contributed by atoms with Crippen molar-refractivity contribution in [1.29, 1.82) is 0 Å². The summed E-state index contributed by atoms with van der Waals surface area (Å²) in [6.07, 6.45) is 3.16. The highest BCUT2D eigenvalue weighted by molar-refractivity contribution is 7.99. The lowest BCUT2D eigenvalue weighted by Crippen LogP contribution is -1.94. The van der Waals surface area contributed by atoms with Crippen LogP contribution >= 0.6 is 46.6 Å². The van der Waals surface area contributed by atoms with Gasteiger partial charge in [-0.25, -0.2) is 9.97 Å². The number of benzene rings is 1. The van der Waals surface area contributed by atoms with Crippen molar-refractivity contribution in [1.82, 2.24) is 19.7 Å². The Hall–Kier alpha value is -1.47. The Morgan fingerprint density at radius 3 is 2.57 bits per heavy atom. The third-order valence-corrected chi connectivity index (χ3v) is 4.88. The summed E-state index contributed by atoms with van der Waals surface area (Å²) in [6, 6.07) is 7.13. The highest BCUT2D eigenvalue weighted by Crippen LogP contribution is 2.43. The van der Waals surface area contributed by atoms with Crippen LogP contribution in [0.1, 0.15) is 0 Å². The van der Waals surface area contributed by atoms with Crippen LogP contribution in [0.2, 0.25) is 15.2 Å². The molecule has 0 atom stereocenters. The zero-order valence-electron chi connectivity index (χ0n) is 11.7. The van der Waals surface area contributed by atoms with E-state index in [1.165, 1.54) is 11.8 Å². The molecule has 3 rings (SSSR count). The number of hydrogen-bond acceptors (Lipinski definition) is 5. The molecule has 1 aromatic carbocycles. The van der Waals surface area contributed by atoms with Crippen LogP contribution in [0.15, 0.2) is 46.6 Å². The van der Waals surface area contributed by atoms with Crippen LogP contribution in [0.3, 0.4) is 0 Å². The average Bonchev–Trinajstić information content (AvgIpc) is 2.78. The maximum Gasteiger partial charge on any atom is 0.322 e. The molecule has 23 heavy (non-hydrogen) atoms. The van der Waals surface area contributed by atoms with Gasteiger partial charge in [-0.05, 0) is 24.3 Å². The number of halogens is 3. The molecule has 9 heteroatoms. The Labute approximate surface area is 151 Å². The van der Waals surface area contributed by atoms with Crippen molar-refractivity contribution in [2.75, 3.05) is 0 Å². The summed E-state index contributed by atoms with van der Waals surface area (Å²) in [4.78, 5) is 8.84. The summed E-state index contributed by atoms with van der Waals surface area (Å²) in [5.74, 6) is 0.372. The molecule has 118 valence electrons. The fourth-order valence-electron chi connectivity index (χ4n) is 1.75. The minimum Gasteiger partial charge on any atom is -0.418 e. The zero-order chi connectivity index (χ0) is 16.4. The van der Waals surface area contributed by atoms with Gasteiger partial charge in [0.25, 0.3) is 0 Å². The molecule has 3 aromatic rings. The minimum atomic E-state index is 0.187. The highest BCUT2D eigenvalue weighted by Gasteiger charge is 2.20. The summed E-state index contributed by atoms with van der Waals surface area (Å²) in [5.41, 5.74) is 0. The van der Waals surface area contributed by atoms with Crippen molar-refractivity contribution >= 4 is 46.6 Å². The van der Waals surface area contributed by atoms with Gasteiger partial charge in [0.1, 0.15) is 5.03 Å². The van der Waals surface area contributed by atoms with Crippen molar-refractivity contribution in [3.05, 3.63) is 51.9 Å². The van der Waals surface area contributed by atoms with Crippen molar-refractivity contribution < 1.29 is 4.74 Å². The molecule has 0 aliphatic rings. The molecule has 2 heterocycles. The van der Waals surface area contributed by atoms with E-state index < -0.39 is 0 Å². The predicted octanol–water partition coefficient (Wildman–Crippen LogP) is 5.11. The molecule has 0 radical (unpaired) electrons. The van der Waals surface area contributed by atoms with Gasteiger partial charge in [-0.15, -0.1) is 0 Å². The molecule has 2 aromatic heterocycles. The number of aryl methyl sites for hydroxylation is 1. The van der Waals surface area contributed by atoms with Crippen molar-refractivity contribution in [3.8, 4) is 11.8 Å². The molecule has 0 spiro atoms. The van der Waals surface area contributed by atoms with E-state index in [1.54, 1.807) is 42.3 Å². The van der Waals surface area contributed by atoms with Crippen LogP contribution in [-0.4, -0.2) is 19.7 Å². The molecule has 0 aliphatic carbocycles. The molecule has 0 amide bonds. The van der Waals surface area contributed by atoms with Crippen molar-refractivity contribution in [2.24, 2.45) is 7.05 Å². The third kappa shape index (κ3) is 3.72. The molecule has 0 fully saturated rings. The van der Waals surface area contributed by atoms with Gasteiger partial charge < -0.3 is 4.74 Å². The fourth-order valence-corrected chi connectivity index (χ4v) is 3.47. The van der Waals surface area contributed by atoms with Gasteiger partial charge in [0, 0.05) is 29.4 Å². The van der Waals surface area contributed by atoms with Crippen LogP contribution in [0, 0.1) is 0 Å². The van der Waals surface area contributed by atoms with Crippen LogP contribution in [0.4, 0.5) is 0 Å². The quantitative estimate of drug-likeness (QED) is 0.622. The van der Waals surface area contributed by atoms with Gasteiger partial charge in [0.15, 0.2) is 5.15 Å². The summed E-state index contributed by atoms with van der Waals surface area (Å²) in [7, 11) is 1.76. The predicted molar refractivity (Wildman–Crippen MR) is 90.9 cm³/mol. The molecule has 0 aliphatic heterocycles. The SMILES string of the molecule is Cn1nc(Cl)c(Oc2ncccn2)c1Sc1ccc(Cl)cc1Cl. The maximum absolute atomic E-state index is 6.22. The van der Waals surface area contributed by atoms with E-state index in [2.05, 4.69) is 15.1 Å². The smallest absolute Gasteiger partial charge is 0.322 e. The molecule has 0 saturated carbocycles. The first kappa shape index (κ1) is 16.4. The summed E-state index contributed by atoms with van der Waals surface area (Å²) in [5, 5.41) is 6.15. The lowest BCUT2D eigenvalue weighted by atomic mass is 10.4. The molecule has 0 saturated heterocycles. The standard InChI is InChI=1S/C14H9Cl3N4OS/c1-21-13(23-10-4-3-8(15)7-9(10)16)11(12(17)20-21)22-14-18-5-2-6-19-14/h2-7H,1H3. The number of nitrogens with zero attached hydrogens (tertiary/aromatic N) is 4. The monoisotopic (exact) mass is 386 g/mol. The summed E-state index contributed by atoms with van der Waals surface area (Å²) in [6.45, 7) is 0. The van der Waals surface area contributed by atoms with Crippen molar-refractivity contribution in [2.45, 2.75) is 9.92 Å². The largest absolute Gasteiger partial charge is 0.418 e. The topological polar surface area (TPSA) is 52.8 Å². The zero-order valence-corrected chi connectivity index (χ0v) is 14.8. The normalized spacial score (nSPS) is 10.8. The molecular formula is C14H9Cl3N4OS. The van der Waals surface area contributed by atoms with Gasteiger partial charge in [-0.3, -0.25) is 4.68 Å². The first-order valence-corrected chi connectivity index (χ1v) is 8.30. The van der Waals surface area contributed by atoms with E-state index in [1.807, 2.05) is 6.07 Å². The summed E-state index contributed by atoms with van der Waals surface area (Å²) >= 11 is 19.7. The Kier molecular flexibility index (Phi) is 4.96. The second-order valence-corrected chi connectivity index (χ2v) is 6.59. The van der Waals surface area contributed by atoms with Gasteiger partial charge in [-0.1, -0.05) is 46.6 Å². The van der Waals surface area contributed by atoms with E-state index in [9.17, 15) is 0 Å². The first-order valence-electron chi connectivity index (χ1n) is 6.35. The Bertz CT molecular complexity index is 842. The van der Waals surface area contributed by atoms with E-state index in [-0.39, 0.29) is 11.2 Å². The molecule has 0 unspecified atom stereocenters. The van der Waals surface area contributed by atoms with E-state index >= 15 is 0 Å². The highest BCUT2D eigenvalue weighted by atomic mass is 35.5. The number of hydrogen-bond donors (Lipinski definition) is 0. The second kappa shape index (κ2) is 6.97. The number of rotatable bonds is 4. The minimum absolute atomic E-state index is 0.187. The van der Waals surface area contributed by atoms with Crippen LogP contribution in [-0.2, 0) is 7.05 Å². The van der Waals surface area contributed by atoms with Crippen molar-refractivity contribution in [3.63, 3.8) is 0 Å². The molecular weight excluding hydrogens is 379 g/mol. The fraction of sp³-hybridized carbons (Fsp3) is 0.0714. The van der Waals surface area contributed by atoms with E-state index in [4.69, 9.17) is 39.5 Å². The average molecular weight is 388 g/mol. The summed E-state index contributed by atoms with van der Waals surface area (Å²) < 4.78 is 7.28. The maximum atomic E-state index is 6.22. The number of aromatic nitrogens is 4. The second-order valence-electron chi connectivity index (χ2n) is 4.36. The van der Waals surface area contributed by atoms with Crippen LogP contribution in [0.5, 0.6) is 11.8 Å². The van der Waals surface area contributed by atoms with Gasteiger partial charge in [0.2, 0.25) is 5.75 Å². The molecule has 0 N–H and O–H groups in total. The molecule has 0 bridgehead atoms. The van der Waals surface area contributed by atoms with Crippen LogP contribution < -0.4 is 4.74 Å². The van der Waals surface area contributed by atoms with Crippen LogP contribution in [0.25, 0.3) is 0 Å².